The maximum atomic E-state index is 13.5. The number of nitrogen functional groups attached to an aromatic ring is 1. The number of carbonyl (C=O) groups excluding carboxylic acids is 1. The second kappa shape index (κ2) is 3.76. The monoisotopic (exact) mass is 209 g/mol. The average molecular weight is 209 g/mol. The molecule has 1 aromatic carbocycles. The van der Waals surface area contributed by atoms with Gasteiger partial charge in [-0.25, -0.2) is 9.18 Å². The maximum Gasteiger partial charge on any atom is 0.321 e. The van der Waals surface area contributed by atoms with E-state index < -0.39 is 5.82 Å². The van der Waals surface area contributed by atoms with Gasteiger partial charge in [0, 0.05) is 18.8 Å². The van der Waals surface area contributed by atoms with E-state index in [0.717, 1.165) is 6.42 Å². The smallest absolute Gasteiger partial charge is 0.321 e. The minimum atomic E-state index is -0.429. The molecule has 0 unspecified atom stereocenters. The fourth-order valence-electron chi connectivity index (χ4n) is 1.60. The molecular formula is C10H12FN3O. The summed E-state index contributed by atoms with van der Waals surface area (Å²) in [4.78, 5) is 12.8. The molecule has 0 atom stereocenters. The highest BCUT2D eigenvalue weighted by atomic mass is 19.1. The largest absolute Gasteiger partial charge is 0.399 e. The minimum absolute atomic E-state index is 0.243. The molecule has 80 valence electrons. The van der Waals surface area contributed by atoms with Crippen LogP contribution in [0.2, 0.25) is 0 Å². The number of urea groups is 1. The van der Waals surface area contributed by atoms with Crippen molar-refractivity contribution >= 4 is 17.4 Å². The van der Waals surface area contributed by atoms with Crippen LogP contribution in [0.1, 0.15) is 6.42 Å². The van der Waals surface area contributed by atoms with Gasteiger partial charge in [-0.1, -0.05) is 0 Å². The molecule has 1 saturated heterocycles. The van der Waals surface area contributed by atoms with E-state index in [-0.39, 0.29) is 11.7 Å². The van der Waals surface area contributed by atoms with Crippen molar-refractivity contribution in [3.8, 4) is 0 Å². The van der Waals surface area contributed by atoms with Crippen LogP contribution in [0.5, 0.6) is 0 Å². The summed E-state index contributed by atoms with van der Waals surface area (Å²) >= 11 is 0. The maximum absolute atomic E-state index is 13.5. The first-order valence-corrected chi connectivity index (χ1v) is 4.79. The molecule has 5 heteroatoms. The predicted molar refractivity (Wildman–Crippen MR) is 56.2 cm³/mol. The Morgan fingerprint density at radius 1 is 1.47 bits per heavy atom. The first kappa shape index (κ1) is 9.76. The standard InChI is InChI=1S/C10H12FN3O/c11-8-3-2-7(12)6-9(8)14-5-1-4-13-10(14)15/h2-3,6H,1,4-5,12H2,(H,13,15). The number of benzene rings is 1. The van der Waals surface area contributed by atoms with Gasteiger partial charge in [-0.05, 0) is 24.6 Å². The second-order valence-electron chi connectivity index (χ2n) is 3.45. The minimum Gasteiger partial charge on any atom is -0.399 e. The third-order valence-electron chi connectivity index (χ3n) is 2.34. The van der Waals surface area contributed by atoms with Crippen molar-refractivity contribution in [1.29, 1.82) is 0 Å². The highest BCUT2D eigenvalue weighted by Crippen LogP contribution is 2.23. The Bertz CT molecular complexity index is 394. The number of halogens is 1. The van der Waals surface area contributed by atoms with Gasteiger partial charge in [0.05, 0.1) is 5.69 Å². The number of carbonyl (C=O) groups is 1. The molecule has 0 radical (unpaired) electrons. The van der Waals surface area contributed by atoms with Crippen LogP contribution in [-0.4, -0.2) is 19.1 Å². The van der Waals surface area contributed by atoms with Gasteiger partial charge in [-0.3, -0.25) is 4.90 Å². The highest BCUT2D eigenvalue weighted by Gasteiger charge is 2.21. The first-order chi connectivity index (χ1) is 7.18. The van der Waals surface area contributed by atoms with Gasteiger partial charge < -0.3 is 11.1 Å². The molecule has 15 heavy (non-hydrogen) atoms. The molecule has 0 aromatic heterocycles. The summed E-state index contributed by atoms with van der Waals surface area (Å²) in [7, 11) is 0. The highest BCUT2D eigenvalue weighted by molar-refractivity contribution is 5.93. The first-order valence-electron chi connectivity index (χ1n) is 4.79. The van der Waals surface area contributed by atoms with Crippen LogP contribution in [0.3, 0.4) is 0 Å². The van der Waals surface area contributed by atoms with Crippen molar-refractivity contribution in [2.45, 2.75) is 6.42 Å². The van der Waals surface area contributed by atoms with Crippen LogP contribution in [0.4, 0.5) is 20.6 Å². The van der Waals surface area contributed by atoms with Crippen molar-refractivity contribution in [2.24, 2.45) is 0 Å². The van der Waals surface area contributed by atoms with E-state index in [1.807, 2.05) is 0 Å². The molecule has 3 N–H and O–H groups in total. The van der Waals surface area contributed by atoms with Gasteiger partial charge in [-0.2, -0.15) is 0 Å². The number of hydrogen-bond acceptors (Lipinski definition) is 2. The Kier molecular flexibility index (Phi) is 2.45. The van der Waals surface area contributed by atoms with Gasteiger partial charge in [0.2, 0.25) is 0 Å². The quantitative estimate of drug-likeness (QED) is 0.685. The van der Waals surface area contributed by atoms with E-state index in [1.165, 1.54) is 23.1 Å². The molecule has 0 saturated carbocycles. The van der Waals surface area contributed by atoms with Gasteiger partial charge in [-0.15, -0.1) is 0 Å². The molecule has 1 aromatic rings. The summed E-state index contributed by atoms with van der Waals surface area (Å²) < 4.78 is 13.5. The lowest BCUT2D eigenvalue weighted by atomic mass is 10.2. The van der Waals surface area contributed by atoms with Gasteiger partial charge in [0.25, 0.3) is 0 Å². The summed E-state index contributed by atoms with van der Waals surface area (Å²) in [6.07, 6.45) is 0.806. The van der Waals surface area contributed by atoms with Crippen molar-refractivity contribution in [1.82, 2.24) is 5.32 Å². The normalized spacial score (nSPS) is 16.3. The fraction of sp³-hybridized carbons (Fsp3) is 0.300. The van der Waals surface area contributed by atoms with Crippen molar-refractivity contribution in [3.05, 3.63) is 24.0 Å². The van der Waals surface area contributed by atoms with Crippen LogP contribution in [-0.2, 0) is 0 Å². The van der Waals surface area contributed by atoms with Crippen molar-refractivity contribution < 1.29 is 9.18 Å². The summed E-state index contributed by atoms with van der Waals surface area (Å²) in [6.45, 7) is 1.16. The molecule has 0 aliphatic carbocycles. The van der Waals surface area contributed by atoms with Gasteiger partial charge >= 0.3 is 6.03 Å². The Balaban J connectivity index is 2.34. The molecular weight excluding hydrogens is 197 g/mol. The number of amides is 2. The molecule has 4 nitrogen and oxygen atoms in total. The Labute approximate surface area is 86.9 Å². The van der Waals surface area contributed by atoms with E-state index >= 15 is 0 Å². The van der Waals surface area contributed by atoms with E-state index in [4.69, 9.17) is 5.73 Å². The summed E-state index contributed by atoms with van der Waals surface area (Å²) in [5.74, 6) is -0.429. The Morgan fingerprint density at radius 2 is 2.27 bits per heavy atom. The van der Waals surface area contributed by atoms with Crippen LogP contribution in [0, 0.1) is 5.82 Å². The van der Waals surface area contributed by atoms with Crippen LogP contribution in [0.25, 0.3) is 0 Å². The number of rotatable bonds is 1. The van der Waals surface area contributed by atoms with Crippen molar-refractivity contribution in [3.63, 3.8) is 0 Å². The lowest BCUT2D eigenvalue weighted by molar-refractivity contribution is 0.242. The van der Waals surface area contributed by atoms with Crippen LogP contribution in [0.15, 0.2) is 18.2 Å². The Morgan fingerprint density at radius 3 is 3.00 bits per heavy atom. The molecule has 1 fully saturated rings. The van der Waals surface area contributed by atoms with E-state index in [2.05, 4.69) is 5.32 Å². The molecule has 0 spiro atoms. The molecule has 1 aliphatic heterocycles. The Hall–Kier alpha value is -1.78. The third kappa shape index (κ3) is 1.86. The van der Waals surface area contributed by atoms with E-state index in [9.17, 15) is 9.18 Å². The SMILES string of the molecule is Nc1ccc(F)c(N2CCCNC2=O)c1. The van der Waals surface area contributed by atoms with Crippen molar-refractivity contribution in [2.75, 3.05) is 23.7 Å². The number of nitrogens with two attached hydrogens (primary N) is 1. The second-order valence-corrected chi connectivity index (χ2v) is 3.45. The topological polar surface area (TPSA) is 58.4 Å². The molecule has 2 rings (SSSR count). The third-order valence-corrected chi connectivity index (χ3v) is 2.34. The van der Waals surface area contributed by atoms with E-state index in [0.29, 0.717) is 18.8 Å². The molecule has 1 heterocycles. The molecule has 1 aliphatic rings. The molecule has 0 bridgehead atoms. The van der Waals surface area contributed by atoms with Crippen LogP contribution < -0.4 is 16.0 Å². The summed E-state index contributed by atoms with van der Waals surface area (Å²) in [5, 5.41) is 2.66. The zero-order chi connectivity index (χ0) is 10.8. The predicted octanol–water partition coefficient (Wildman–Crippen LogP) is 1.33. The number of nitrogens with zero attached hydrogens (tertiary/aromatic N) is 1. The summed E-state index contributed by atoms with van der Waals surface area (Å²) in [6, 6.07) is 3.94. The lowest BCUT2D eigenvalue weighted by Crippen LogP contribution is -2.46. The average Bonchev–Trinajstić information content (AvgIpc) is 2.23. The number of hydrogen-bond donors (Lipinski definition) is 2. The fourth-order valence-corrected chi connectivity index (χ4v) is 1.60. The van der Waals surface area contributed by atoms with E-state index in [1.54, 1.807) is 0 Å². The zero-order valence-corrected chi connectivity index (χ0v) is 8.16. The van der Waals surface area contributed by atoms with Gasteiger partial charge in [0.1, 0.15) is 5.82 Å². The summed E-state index contributed by atoms with van der Waals surface area (Å²) in [5.41, 5.74) is 6.25. The lowest BCUT2D eigenvalue weighted by Gasteiger charge is -2.27. The zero-order valence-electron chi connectivity index (χ0n) is 8.16. The molecule has 2 amide bonds. The van der Waals surface area contributed by atoms with Gasteiger partial charge in [0.15, 0.2) is 0 Å². The number of nitrogens with one attached hydrogen (secondary N) is 1. The van der Waals surface area contributed by atoms with Crippen LogP contribution >= 0.6 is 0 Å². The number of anilines is 2.